The van der Waals surface area contributed by atoms with Crippen molar-refractivity contribution >= 4 is 11.4 Å². The first-order valence-electron chi connectivity index (χ1n) is 1.40. The van der Waals surface area contributed by atoms with E-state index in [1.807, 2.05) is 0 Å². The van der Waals surface area contributed by atoms with Crippen molar-refractivity contribution in [3.8, 4) is 0 Å². The minimum Gasteiger partial charge on any atom is -0.750 e. The summed E-state index contributed by atoms with van der Waals surface area (Å²) in [6.07, 6.45) is -1.24. The van der Waals surface area contributed by atoms with E-state index in [0.29, 0.717) is 0 Å². The van der Waals surface area contributed by atoms with E-state index < -0.39 is 17.7 Å². The molecule has 0 bridgehead atoms. The highest BCUT2D eigenvalue weighted by Crippen LogP contribution is 1.74. The van der Waals surface area contributed by atoms with Gasteiger partial charge < -0.3 is 4.55 Å². The highest BCUT2D eigenvalue weighted by atomic mass is 32.2. The van der Waals surface area contributed by atoms with E-state index >= 15 is 0 Å². The Bertz CT molecular complexity index is 73.3. The maximum absolute atomic E-state index is 9.43. The summed E-state index contributed by atoms with van der Waals surface area (Å²) < 4.78 is 22.6. The molecule has 0 aromatic rings. The lowest BCUT2D eigenvalue weighted by atomic mass is 11.1. The quantitative estimate of drug-likeness (QED) is 0.328. The third-order valence-electron chi connectivity index (χ3n) is 0.190. The number of nitrogens with two attached hydrogens (primary N) is 2. The Morgan fingerprint density at radius 3 is 2.14 bits per heavy atom. The Kier molecular flexibility index (Phi) is 3.05. The van der Waals surface area contributed by atoms with E-state index in [4.69, 9.17) is 0 Å². The maximum Gasteiger partial charge on any atom is 0.173 e. The second kappa shape index (κ2) is 3.05. The maximum atomic E-state index is 9.43. The highest BCUT2D eigenvalue weighted by molar-refractivity contribution is 7.74. The topological polar surface area (TPSA) is 101 Å². The standard InChI is InChI=1S/CH6N2O3S/c2-1(3)6-7(4)5/h1H,2-3H2,(H,4,5)/p-1. The summed E-state index contributed by atoms with van der Waals surface area (Å²) in [6.45, 7) is 0. The van der Waals surface area contributed by atoms with Gasteiger partial charge in [-0.2, -0.15) is 0 Å². The fourth-order valence-corrected chi connectivity index (χ4v) is 0.272. The molecule has 0 spiro atoms. The average Bonchev–Trinajstić information content (AvgIpc) is 1.27. The highest BCUT2D eigenvalue weighted by Gasteiger charge is 1.88. The lowest BCUT2D eigenvalue weighted by Gasteiger charge is -2.06. The Morgan fingerprint density at radius 1 is 1.71 bits per heavy atom. The van der Waals surface area contributed by atoms with E-state index in [1.54, 1.807) is 0 Å². The average molecular weight is 125 g/mol. The molecule has 0 amide bonds. The summed E-state index contributed by atoms with van der Waals surface area (Å²) in [7, 11) is 0. The minimum atomic E-state index is -2.60. The van der Waals surface area contributed by atoms with Crippen molar-refractivity contribution in [2.24, 2.45) is 11.5 Å². The summed E-state index contributed by atoms with van der Waals surface area (Å²) in [5.41, 5.74) is 9.31. The van der Waals surface area contributed by atoms with Crippen LogP contribution in [-0.2, 0) is 15.5 Å². The Morgan fingerprint density at radius 2 is 2.14 bits per heavy atom. The van der Waals surface area contributed by atoms with Gasteiger partial charge in [0.25, 0.3) is 0 Å². The third kappa shape index (κ3) is 5.99. The summed E-state index contributed by atoms with van der Waals surface area (Å²) >= 11 is -2.60. The number of hydrogen-bond donors (Lipinski definition) is 2. The fraction of sp³-hybridized carbons (Fsp3) is 1.00. The monoisotopic (exact) mass is 125 g/mol. The third-order valence-corrected chi connectivity index (χ3v) is 0.569. The zero-order valence-electron chi connectivity index (χ0n) is 3.37. The molecule has 1 unspecified atom stereocenters. The Hall–Kier alpha value is -0.0100. The van der Waals surface area contributed by atoms with Crippen LogP contribution in [0.15, 0.2) is 0 Å². The minimum absolute atomic E-state index is 1.24. The van der Waals surface area contributed by atoms with Gasteiger partial charge >= 0.3 is 0 Å². The number of rotatable bonds is 2. The SMILES string of the molecule is NC(N)OS(=O)[O-]. The van der Waals surface area contributed by atoms with Gasteiger partial charge in [0.2, 0.25) is 0 Å². The normalized spacial score (nSPS) is 14.9. The van der Waals surface area contributed by atoms with E-state index in [2.05, 4.69) is 15.7 Å². The van der Waals surface area contributed by atoms with Crippen molar-refractivity contribution in [2.45, 2.75) is 6.35 Å². The summed E-state index contributed by atoms with van der Waals surface area (Å²) in [4.78, 5) is 0. The first-order chi connectivity index (χ1) is 3.13. The van der Waals surface area contributed by atoms with Gasteiger partial charge in [0.05, 0.1) is 11.4 Å². The second-order valence-corrected chi connectivity index (χ2v) is 1.37. The second-order valence-electron chi connectivity index (χ2n) is 0.765. The van der Waals surface area contributed by atoms with Crippen LogP contribution < -0.4 is 11.5 Å². The molecule has 0 aromatic heterocycles. The summed E-state index contributed by atoms with van der Waals surface area (Å²) in [5, 5.41) is 0. The molecule has 7 heavy (non-hydrogen) atoms. The molecule has 6 heteroatoms. The van der Waals surface area contributed by atoms with E-state index in [9.17, 15) is 8.76 Å². The molecule has 0 radical (unpaired) electrons. The lowest BCUT2D eigenvalue weighted by molar-refractivity contribution is 0.215. The van der Waals surface area contributed by atoms with Crippen LogP contribution in [0.5, 0.6) is 0 Å². The summed E-state index contributed by atoms with van der Waals surface area (Å²) in [6, 6.07) is 0. The molecule has 0 saturated carbocycles. The van der Waals surface area contributed by atoms with Crippen LogP contribution in [0, 0.1) is 0 Å². The van der Waals surface area contributed by atoms with Crippen molar-refractivity contribution in [3.05, 3.63) is 0 Å². The van der Waals surface area contributed by atoms with E-state index in [0.717, 1.165) is 0 Å². The molecule has 0 heterocycles. The van der Waals surface area contributed by atoms with Gasteiger partial charge in [-0.3, -0.25) is 15.7 Å². The number of hydrogen-bond acceptors (Lipinski definition) is 5. The molecule has 0 aliphatic heterocycles. The van der Waals surface area contributed by atoms with Gasteiger partial charge in [-0.25, -0.2) is 4.21 Å². The van der Waals surface area contributed by atoms with Crippen molar-refractivity contribution in [1.82, 2.24) is 0 Å². The Balaban J connectivity index is 3.13. The van der Waals surface area contributed by atoms with Gasteiger partial charge in [-0.05, 0) is 0 Å². The predicted molar refractivity (Wildman–Crippen MR) is 22.2 cm³/mol. The van der Waals surface area contributed by atoms with Crippen molar-refractivity contribution in [1.29, 1.82) is 0 Å². The first-order valence-corrected chi connectivity index (χ1v) is 2.40. The molecule has 0 aliphatic rings. The van der Waals surface area contributed by atoms with Crippen LogP contribution >= 0.6 is 0 Å². The van der Waals surface area contributed by atoms with Crippen LogP contribution in [0.2, 0.25) is 0 Å². The van der Waals surface area contributed by atoms with E-state index in [1.165, 1.54) is 0 Å². The van der Waals surface area contributed by atoms with Crippen molar-refractivity contribution in [3.63, 3.8) is 0 Å². The molecular formula is CH5N2O3S-. The predicted octanol–water partition coefficient (Wildman–Crippen LogP) is -2.00. The van der Waals surface area contributed by atoms with E-state index in [-0.39, 0.29) is 0 Å². The zero-order chi connectivity index (χ0) is 5.86. The van der Waals surface area contributed by atoms with Crippen LogP contribution in [0.3, 0.4) is 0 Å². The molecule has 0 aliphatic carbocycles. The zero-order valence-corrected chi connectivity index (χ0v) is 4.18. The molecule has 0 fully saturated rings. The smallest absolute Gasteiger partial charge is 0.173 e. The largest absolute Gasteiger partial charge is 0.750 e. The van der Waals surface area contributed by atoms with Crippen molar-refractivity contribution < 1.29 is 12.9 Å². The van der Waals surface area contributed by atoms with Gasteiger partial charge in [-0.1, -0.05) is 0 Å². The molecule has 0 aromatic carbocycles. The molecule has 5 nitrogen and oxygen atoms in total. The van der Waals surface area contributed by atoms with Gasteiger partial charge in [-0.15, -0.1) is 0 Å². The van der Waals surface area contributed by atoms with Crippen LogP contribution in [0.4, 0.5) is 0 Å². The Labute approximate surface area is 43.1 Å². The molecule has 0 saturated heterocycles. The first kappa shape index (κ1) is 6.99. The summed E-state index contributed by atoms with van der Waals surface area (Å²) in [5.74, 6) is 0. The lowest BCUT2D eigenvalue weighted by Crippen LogP contribution is -2.33. The van der Waals surface area contributed by atoms with Gasteiger partial charge in [0.15, 0.2) is 6.35 Å². The molecule has 1 atom stereocenters. The van der Waals surface area contributed by atoms with Gasteiger partial charge in [0.1, 0.15) is 0 Å². The molecule has 4 N–H and O–H groups in total. The van der Waals surface area contributed by atoms with Crippen LogP contribution in [0.25, 0.3) is 0 Å². The molecular weight excluding hydrogens is 120 g/mol. The van der Waals surface area contributed by atoms with Crippen molar-refractivity contribution in [2.75, 3.05) is 0 Å². The molecule has 44 valence electrons. The van der Waals surface area contributed by atoms with Crippen LogP contribution in [-0.4, -0.2) is 15.1 Å². The van der Waals surface area contributed by atoms with Crippen LogP contribution in [0.1, 0.15) is 0 Å². The van der Waals surface area contributed by atoms with Gasteiger partial charge in [0, 0.05) is 0 Å². The fourth-order valence-electron chi connectivity index (χ4n) is 0.0907. The molecule has 0 rings (SSSR count).